The quantitative estimate of drug-likeness (QED) is 0.888. The maximum atomic E-state index is 5.90. The molecule has 0 bridgehead atoms. The van der Waals surface area contributed by atoms with Crippen molar-refractivity contribution in [1.29, 1.82) is 0 Å². The summed E-state index contributed by atoms with van der Waals surface area (Å²) in [6.45, 7) is 4.65. The van der Waals surface area contributed by atoms with Crippen LogP contribution in [0.4, 0.5) is 0 Å². The van der Waals surface area contributed by atoms with Gasteiger partial charge in [-0.2, -0.15) is 0 Å². The predicted molar refractivity (Wildman–Crippen MR) is 83.9 cm³/mol. The zero-order chi connectivity index (χ0) is 14.7. The summed E-state index contributed by atoms with van der Waals surface area (Å²) in [5, 5.41) is 10.4. The molecule has 21 heavy (non-hydrogen) atoms. The Bertz CT molecular complexity index is 554. The standard InChI is InChI=1S/C15H22N4OS/c1-2-19(12-6-3-5-11(12)9-16)10-14-17-18-15(20-14)13-7-4-8-21-13/h4,7-8,11-12H,2-3,5-6,9-10,16H2,1H3. The minimum absolute atomic E-state index is 0.553. The van der Waals surface area contributed by atoms with Gasteiger partial charge in [0.2, 0.25) is 5.89 Å². The molecular weight excluding hydrogens is 284 g/mol. The highest BCUT2D eigenvalue weighted by Crippen LogP contribution is 2.30. The molecule has 0 amide bonds. The van der Waals surface area contributed by atoms with Crippen LogP contribution in [0, 0.1) is 5.92 Å². The van der Waals surface area contributed by atoms with Crippen LogP contribution in [0.5, 0.6) is 0 Å². The van der Waals surface area contributed by atoms with Crippen molar-refractivity contribution in [1.82, 2.24) is 15.1 Å². The zero-order valence-electron chi connectivity index (χ0n) is 12.4. The number of aromatic nitrogens is 2. The second-order valence-corrected chi connectivity index (χ2v) is 6.48. The molecular formula is C15H22N4OS. The summed E-state index contributed by atoms with van der Waals surface area (Å²) in [6.07, 6.45) is 3.73. The van der Waals surface area contributed by atoms with E-state index in [2.05, 4.69) is 22.0 Å². The summed E-state index contributed by atoms with van der Waals surface area (Å²) in [6, 6.07) is 4.55. The smallest absolute Gasteiger partial charge is 0.257 e. The highest BCUT2D eigenvalue weighted by atomic mass is 32.1. The Hall–Kier alpha value is -1.24. The first-order valence-electron chi connectivity index (χ1n) is 7.62. The van der Waals surface area contributed by atoms with Crippen LogP contribution in [-0.4, -0.2) is 34.2 Å². The molecule has 5 nitrogen and oxygen atoms in total. The lowest BCUT2D eigenvalue weighted by Gasteiger charge is -2.30. The van der Waals surface area contributed by atoms with Crippen molar-refractivity contribution in [2.45, 2.75) is 38.8 Å². The average molecular weight is 306 g/mol. The first-order valence-corrected chi connectivity index (χ1v) is 8.50. The van der Waals surface area contributed by atoms with Crippen LogP contribution in [-0.2, 0) is 6.54 Å². The molecule has 2 aromatic rings. The number of hydrogen-bond donors (Lipinski definition) is 1. The summed E-state index contributed by atoms with van der Waals surface area (Å²) >= 11 is 1.62. The minimum Gasteiger partial charge on any atom is -0.419 e. The van der Waals surface area contributed by atoms with Gasteiger partial charge < -0.3 is 10.2 Å². The van der Waals surface area contributed by atoms with Crippen LogP contribution < -0.4 is 5.73 Å². The van der Waals surface area contributed by atoms with Crippen molar-refractivity contribution in [2.75, 3.05) is 13.1 Å². The number of nitrogens with two attached hydrogens (primary N) is 1. The van der Waals surface area contributed by atoms with Crippen molar-refractivity contribution in [3.8, 4) is 10.8 Å². The summed E-state index contributed by atoms with van der Waals surface area (Å²) in [7, 11) is 0. The molecule has 2 atom stereocenters. The van der Waals surface area contributed by atoms with Crippen molar-refractivity contribution >= 4 is 11.3 Å². The van der Waals surface area contributed by atoms with Gasteiger partial charge in [0, 0.05) is 6.04 Å². The lowest BCUT2D eigenvalue weighted by Crippen LogP contribution is -2.39. The maximum Gasteiger partial charge on any atom is 0.257 e. The van der Waals surface area contributed by atoms with E-state index in [1.54, 1.807) is 11.3 Å². The minimum atomic E-state index is 0.553. The molecule has 0 spiro atoms. The van der Waals surface area contributed by atoms with Gasteiger partial charge in [0.15, 0.2) is 0 Å². The maximum absolute atomic E-state index is 5.90. The van der Waals surface area contributed by atoms with Gasteiger partial charge in [0.25, 0.3) is 5.89 Å². The van der Waals surface area contributed by atoms with Gasteiger partial charge in [0.1, 0.15) is 0 Å². The summed E-state index contributed by atoms with van der Waals surface area (Å²) in [4.78, 5) is 3.45. The van der Waals surface area contributed by atoms with Crippen LogP contribution >= 0.6 is 11.3 Å². The van der Waals surface area contributed by atoms with Crippen LogP contribution in [0.1, 0.15) is 32.1 Å². The number of rotatable bonds is 6. The fraction of sp³-hybridized carbons (Fsp3) is 0.600. The van der Waals surface area contributed by atoms with Crippen molar-refractivity contribution in [3.05, 3.63) is 23.4 Å². The lowest BCUT2D eigenvalue weighted by molar-refractivity contribution is 0.148. The van der Waals surface area contributed by atoms with Crippen LogP contribution in [0.2, 0.25) is 0 Å². The van der Waals surface area contributed by atoms with Crippen molar-refractivity contribution in [2.24, 2.45) is 11.7 Å². The van der Waals surface area contributed by atoms with Gasteiger partial charge in [-0.25, -0.2) is 0 Å². The number of thiophene rings is 1. The molecule has 0 radical (unpaired) electrons. The van der Waals surface area contributed by atoms with Crippen LogP contribution in [0.3, 0.4) is 0 Å². The molecule has 2 N–H and O–H groups in total. The van der Waals surface area contributed by atoms with Gasteiger partial charge in [-0.3, -0.25) is 4.90 Å². The Labute approximate surface area is 129 Å². The predicted octanol–water partition coefficient (Wildman–Crippen LogP) is 2.75. The molecule has 1 aliphatic rings. The Morgan fingerprint density at radius 3 is 3.05 bits per heavy atom. The van der Waals surface area contributed by atoms with Crippen LogP contribution in [0.15, 0.2) is 21.9 Å². The molecule has 2 heterocycles. The van der Waals surface area contributed by atoms with E-state index in [-0.39, 0.29) is 0 Å². The Balaban J connectivity index is 1.69. The number of hydrogen-bond acceptors (Lipinski definition) is 6. The Kier molecular flexibility index (Phi) is 4.67. The SMILES string of the molecule is CCN(Cc1nnc(-c2cccs2)o1)C1CCCC1CN. The average Bonchev–Trinajstić information content (AvgIpc) is 3.23. The fourth-order valence-corrected chi connectivity index (χ4v) is 3.87. The normalized spacial score (nSPS) is 22.2. The van der Waals surface area contributed by atoms with Gasteiger partial charge >= 0.3 is 0 Å². The third-order valence-corrected chi connectivity index (χ3v) is 5.19. The van der Waals surface area contributed by atoms with Gasteiger partial charge in [0.05, 0.1) is 11.4 Å². The van der Waals surface area contributed by atoms with Crippen LogP contribution in [0.25, 0.3) is 10.8 Å². The van der Waals surface area contributed by atoms with E-state index < -0.39 is 0 Å². The molecule has 0 aliphatic heterocycles. The van der Waals surface area contributed by atoms with E-state index in [1.165, 1.54) is 19.3 Å². The van der Waals surface area contributed by atoms with E-state index in [9.17, 15) is 0 Å². The Morgan fingerprint density at radius 1 is 1.43 bits per heavy atom. The topological polar surface area (TPSA) is 68.2 Å². The van der Waals surface area contributed by atoms with E-state index in [4.69, 9.17) is 10.2 Å². The zero-order valence-corrected chi connectivity index (χ0v) is 13.2. The van der Waals surface area contributed by atoms with Crippen molar-refractivity contribution < 1.29 is 4.42 Å². The summed E-state index contributed by atoms with van der Waals surface area (Å²) in [5.41, 5.74) is 5.90. The lowest BCUT2D eigenvalue weighted by atomic mass is 10.0. The second-order valence-electron chi connectivity index (χ2n) is 5.54. The molecule has 1 fully saturated rings. The Morgan fingerprint density at radius 2 is 2.33 bits per heavy atom. The van der Waals surface area contributed by atoms with Gasteiger partial charge in [-0.15, -0.1) is 21.5 Å². The van der Waals surface area contributed by atoms with Gasteiger partial charge in [-0.05, 0) is 43.3 Å². The van der Waals surface area contributed by atoms with Crippen molar-refractivity contribution in [3.63, 3.8) is 0 Å². The molecule has 2 aromatic heterocycles. The molecule has 1 aliphatic carbocycles. The fourth-order valence-electron chi connectivity index (χ4n) is 3.23. The third kappa shape index (κ3) is 3.17. The summed E-state index contributed by atoms with van der Waals surface area (Å²) in [5.74, 6) is 1.92. The second kappa shape index (κ2) is 6.68. The van der Waals surface area contributed by atoms with E-state index >= 15 is 0 Å². The molecule has 0 saturated heterocycles. The molecule has 2 unspecified atom stereocenters. The number of nitrogens with zero attached hydrogens (tertiary/aromatic N) is 3. The van der Waals surface area contributed by atoms with E-state index in [0.29, 0.717) is 23.7 Å². The third-order valence-electron chi connectivity index (χ3n) is 4.33. The molecule has 114 valence electrons. The highest BCUT2D eigenvalue weighted by Gasteiger charge is 2.31. The van der Waals surface area contributed by atoms with E-state index in [1.807, 2.05) is 17.5 Å². The largest absolute Gasteiger partial charge is 0.419 e. The summed E-state index contributed by atoms with van der Waals surface area (Å²) < 4.78 is 5.80. The first kappa shape index (κ1) is 14.7. The molecule has 3 rings (SSSR count). The monoisotopic (exact) mass is 306 g/mol. The molecule has 6 heteroatoms. The van der Waals surface area contributed by atoms with Gasteiger partial charge in [-0.1, -0.05) is 19.4 Å². The molecule has 0 aromatic carbocycles. The first-order chi connectivity index (χ1) is 10.3. The van der Waals surface area contributed by atoms with E-state index in [0.717, 1.165) is 24.5 Å². The molecule has 1 saturated carbocycles. The highest BCUT2D eigenvalue weighted by molar-refractivity contribution is 7.13.